The van der Waals surface area contributed by atoms with Gasteiger partial charge in [-0.2, -0.15) is 0 Å². The quantitative estimate of drug-likeness (QED) is 0.0318. The summed E-state index contributed by atoms with van der Waals surface area (Å²) in [5.74, 6) is -0.131. The monoisotopic (exact) mass is 1310 g/mol. The number of likely N-dealkylation sites (N-methyl/N-ethyl adjacent to an activating group) is 1. The van der Waals surface area contributed by atoms with Gasteiger partial charge in [0.2, 0.25) is 5.91 Å². The second-order valence-corrected chi connectivity index (χ2v) is 32.0. The van der Waals surface area contributed by atoms with Gasteiger partial charge in [-0.25, -0.2) is 4.57 Å². The minimum Gasteiger partial charge on any atom is -0.391 e. The van der Waals surface area contributed by atoms with Crippen LogP contribution in [0.4, 0.5) is 0 Å². The molecule has 0 spiro atoms. The fourth-order valence-corrected chi connectivity index (χ4v) is 14.4. The first-order valence-electron chi connectivity index (χ1n) is 41.9. The van der Waals surface area contributed by atoms with Crippen molar-refractivity contribution >= 4 is 13.7 Å². The molecule has 8 nitrogen and oxygen atoms in total. The van der Waals surface area contributed by atoms with Crippen LogP contribution in [0.2, 0.25) is 0 Å². The van der Waals surface area contributed by atoms with Gasteiger partial charge in [0.15, 0.2) is 0 Å². The number of quaternary nitrogens is 1. The molecule has 0 aliphatic carbocycles. The summed E-state index contributed by atoms with van der Waals surface area (Å²) >= 11 is 0. The van der Waals surface area contributed by atoms with Crippen LogP contribution in [0.25, 0.3) is 0 Å². The number of amides is 1. The molecule has 1 amide bonds. The van der Waals surface area contributed by atoms with Crippen molar-refractivity contribution in [2.24, 2.45) is 0 Å². The first-order valence-corrected chi connectivity index (χ1v) is 43.4. The van der Waals surface area contributed by atoms with E-state index in [1.165, 1.54) is 405 Å². The van der Waals surface area contributed by atoms with Crippen LogP contribution in [-0.2, 0) is 18.4 Å². The van der Waals surface area contributed by atoms with Crippen molar-refractivity contribution in [3.8, 4) is 0 Å². The SMILES string of the molecule is CCCCCCCCCCCCCCCCCCCCCCCCCCCCCCCCCCCCCCCC(=O)NC(COP(=O)(O)OCC[N+](C)(C)C)C(O)CCCCCCCCCCCCCCCCCCCCCCCCCCCCCCCCCC. The Kier molecular flexibility index (Phi) is 73.3. The van der Waals surface area contributed by atoms with Gasteiger partial charge in [0.25, 0.3) is 0 Å². The first kappa shape index (κ1) is 90.5. The Morgan fingerprint density at radius 1 is 0.330 bits per heavy atom. The zero-order chi connectivity index (χ0) is 66.2. The summed E-state index contributed by atoms with van der Waals surface area (Å²) in [5.41, 5.74) is 0. The van der Waals surface area contributed by atoms with Crippen molar-refractivity contribution in [2.75, 3.05) is 40.9 Å². The van der Waals surface area contributed by atoms with Crippen LogP contribution in [0.5, 0.6) is 0 Å². The summed E-state index contributed by atoms with van der Waals surface area (Å²) in [5, 5.41) is 14.2. The first-order chi connectivity index (χ1) is 44.5. The number of aliphatic hydroxyl groups is 1. The standard InChI is InChI=1S/C82H167N2O6P/c1-6-8-10-12-14-16-18-20-22-24-26-28-30-32-34-36-38-40-41-42-43-44-46-48-50-52-54-56-58-60-62-64-66-68-70-72-74-76-82(86)83-80(79-90-91(87,88)89-78-77-84(3,4)5)81(85)75-73-71-69-67-65-63-61-59-57-55-53-51-49-47-45-39-37-35-33-31-29-27-25-23-21-19-17-15-13-11-9-7-2/h80-81,85H,6-79H2,1-5H3,(H-,83,86,87,88)/p+1. The van der Waals surface area contributed by atoms with E-state index in [1.54, 1.807) is 0 Å². The lowest BCUT2D eigenvalue weighted by Crippen LogP contribution is -2.46. The number of nitrogens with one attached hydrogen (secondary N) is 1. The van der Waals surface area contributed by atoms with E-state index < -0.39 is 20.0 Å². The molecule has 0 aromatic heterocycles. The third kappa shape index (κ3) is 76.7. The van der Waals surface area contributed by atoms with Crippen LogP contribution in [-0.4, -0.2) is 73.4 Å². The highest BCUT2D eigenvalue weighted by Crippen LogP contribution is 2.43. The van der Waals surface area contributed by atoms with Crippen molar-refractivity contribution in [3.63, 3.8) is 0 Å². The van der Waals surface area contributed by atoms with Crippen molar-refractivity contribution in [1.82, 2.24) is 5.32 Å². The number of phosphoric ester groups is 1. The van der Waals surface area contributed by atoms with Gasteiger partial charge >= 0.3 is 7.82 Å². The molecular formula is C82H168N2O6P+. The largest absolute Gasteiger partial charge is 0.472 e. The molecule has 3 N–H and O–H groups in total. The molecule has 0 rings (SSSR count). The van der Waals surface area contributed by atoms with Crippen LogP contribution >= 0.6 is 7.82 Å². The molecule has 9 heteroatoms. The zero-order valence-electron chi connectivity index (χ0n) is 62.9. The molecule has 0 aliphatic heterocycles. The van der Waals surface area contributed by atoms with Gasteiger partial charge in [0, 0.05) is 6.42 Å². The molecule has 0 aromatic carbocycles. The van der Waals surface area contributed by atoms with Gasteiger partial charge in [-0.1, -0.05) is 450 Å². The summed E-state index contributed by atoms with van der Waals surface area (Å²) in [7, 11) is 1.65. The van der Waals surface area contributed by atoms with E-state index >= 15 is 0 Å². The van der Waals surface area contributed by atoms with E-state index in [0.29, 0.717) is 23.9 Å². The van der Waals surface area contributed by atoms with Gasteiger partial charge < -0.3 is 19.8 Å². The molecule has 91 heavy (non-hydrogen) atoms. The Balaban J connectivity index is 3.86. The minimum absolute atomic E-state index is 0.0797. The minimum atomic E-state index is -4.33. The maximum Gasteiger partial charge on any atom is 0.472 e. The normalized spacial score (nSPS) is 13.4. The van der Waals surface area contributed by atoms with E-state index in [9.17, 15) is 19.4 Å². The number of carbonyl (C=O) groups excluding carboxylic acids is 1. The molecular weight excluding hydrogens is 1140 g/mol. The highest BCUT2D eigenvalue weighted by molar-refractivity contribution is 7.47. The van der Waals surface area contributed by atoms with Crippen molar-refractivity contribution < 1.29 is 32.9 Å². The second-order valence-electron chi connectivity index (χ2n) is 30.6. The maximum absolute atomic E-state index is 13.1. The van der Waals surface area contributed by atoms with Crippen molar-refractivity contribution in [3.05, 3.63) is 0 Å². The number of hydrogen-bond donors (Lipinski definition) is 3. The lowest BCUT2D eigenvalue weighted by Gasteiger charge is -2.26. The van der Waals surface area contributed by atoms with Crippen LogP contribution in [0.15, 0.2) is 0 Å². The zero-order valence-corrected chi connectivity index (χ0v) is 63.8. The van der Waals surface area contributed by atoms with Crippen LogP contribution in [0.1, 0.15) is 470 Å². The van der Waals surface area contributed by atoms with Crippen LogP contribution in [0, 0.1) is 0 Å². The van der Waals surface area contributed by atoms with Gasteiger partial charge in [-0.05, 0) is 12.8 Å². The summed E-state index contributed by atoms with van der Waals surface area (Å²) in [6.45, 7) is 4.98. The van der Waals surface area contributed by atoms with E-state index in [-0.39, 0.29) is 19.1 Å². The molecule has 0 radical (unpaired) electrons. The Hall–Kier alpha value is -0.500. The van der Waals surface area contributed by atoms with E-state index in [4.69, 9.17) is 9.05 Å². The number of aliphatic hydroxyl groups excluding tert-OH is 1. The van der Waals surface area contributed by atoms with Gasteiger partial charge in [-0.15, -0.1) is 0 Å². The average Bonchev–Trinajstić information content (AvgIpc) is 3.42. The maximum atomic E-state index is 13.1. The Morgan fingerprint density at radius 3 is 0.736 bits per heavy atom. The highest BCUT2D eigenvalue weighted by Gasteiger charge is 2.28. The van der Waals surface area contributed by atoms with Crippen molar-refractivity contribution in [2.45, 2.75) is 482 Å². The van der Waals surface area contributed by atoms with Gasteiger partial charge in [-0.3, -0.25) is 13.8 Å². The predicted molar refractivity (Wildman–Crippen MR) is 402 cm³/mol. The third-order valence-electron chi connectivity index (χ3n) is 20.1. The van der Waals surface area contributed by atoms with E-state index in [2.05, 4.69) is 19.2 Å². The molecule has 0 heterocycles. The van der Waals surface area contributed by atoms with Crippen LogP contribution < -0.4 is 5.32 Å². The molecule has 3 unspecified atom stereocenters. The molecule has 0 bridgehead atoms. The van der Waals surface area contributed by atoms with Gasteiger partial charge in [0.1, 0.15) is 13.2 Å². The Morgan fingerprint density at radius 2 is 0.527 bits per heavy atom. The van der Waals surface area contributed by atoms with Crippen LogP contribution in [0.3, 0.4) is 0 Å². The smallest absolute Gasteiger partial charge is 0.391 e. The number of rotatable bonds is 80. The Bertz CT molecular complexity index is 1440. The number of unbranched alkanes of at least 4 members (excludes halogenated alkanes) is 67. The fourth-order valence-electron chi connectivity index (χ4n) is 13.6. The molecule has 3 atom stereocenters. The van der Waals surface area contributed by atoms with Gasteiger partial charge in [0.05, 0.1) is 39.9 Å². The third-order valence-corrected chi connectivity index (χ3v) is 21.1. The van der Waals surface area contributed by atoms with E-state index in [1.807, 2.05) is 21.1 Å². The molecule has 546 valence electrons. The average molecular weight is 1310 g/mol. The lowest BCUT2D eigenvalue weighted by atomic mass is 10.0. The number of phosphoric acid groups is 1. The summed E-state index contributed by atoms with van der Waals surface area (Å²) in [6, 6.07) is -0.758. The Labute approximate surface area is 571 Å². The lowest BCUT2D eigenvalue weighted by molar-refractivity contribution is -0.870. The summed E-state index contributed by atoms with van der Waals surface area (Å²) in [6.07, 6.45) is 95.7. The fraction of sp³-hybridized carbons (Fsp3) is 0.988. The molecule has 0 aromatic rings. The molecule has 0 saturated heterocycles. The summed E-state index contributed by atoms with van der Waals surface area (Å²) in [4.78, 5) is 23.5. The number of carbonyl (C=O) groups is 1. The molecule has 0 fully saturated rings. The van der Waals surface area contributed by atoms with E-state index in [0.717, 1.165) is 38.5 Å². The number of hydrogen-bond acceptors (Lipinski definition) is 5. The highest BCUT2D eigenvalue weighted by atomic mass is 31.2. The molecule has 0 aliphatic rings. The molecule has 0 saturated carbocycles. The second kappa shape index (κ2) is 73.7. The van der Waals surface area contributed by atoms with Crippen molar-refractivity contribution in [1.29, 1.82) is 0 Å². The summed E-state index contributed by atoms with van der Waals surface area (Å²) < 4.78 is 24.0. The predicted octanol–water partition coefficient (Wildman–Crippen LogP) is 27.4. The number of nitrogens with zero attached hydrogens (tertiary/aromatic N) is 1. The topological polar surface area (TPSA) is 105 Å².